The Bertz CT molecular complexity index is 1410. The first kappa shape index (κ1) is 48.4. The molecule has 5 amide bonds. The van der Waals surface area contributed by atoms with Gasteiger partial charge in [0.1, 0.15) is 12.1 Å². The van der Waals surface area contributed by atoms with Crippen molar-refractivity contribution in [1.29, 1.82) is 0 Å². The van der Waals surface area contributed by atoms with E-state index in [4.69, 9.17) is 14.2 Å². The van der Waals surface area contributed by atoms with Gasteiger partial charge in [0.2, 0.25) is 23.6 Å². The number of benzene rings is 1. The maximum absolute atomic E-state index is 14.3. The number of hydrogen-bond acceptors (Lipinski definition) is 9. The van der Waals surface area contributed by atoms with Crippen molar-refractivity contribution < 1.29 is 43.3 Å². The highest BCUT2D eigenvalue weighted by Crippen LogP contribution is 2.30. The van der Waals surface area contributed by atoms with Gasteiger partial charge in [0.05, 0.1) is 55.4 Å². The number of rotatable bonds is 21. The SMILES string of the molecule is CCOC(=O)N(C)[C@H](C(=O)N[C@H](C(=O)N(C)[C@@H]([C@@H](C)CC)[C@@H](CC(=O)N1CCC[C@H]1[C@H](OC)[C@@H](C)C(=O)N[C@H](C)[C@@H](O)c1ccccc1)OC)C(C)C)C(C)C. The molecule has 14 heteroatoms. The Balaban J connectivity index is 2.28. The lowest BCUT2D eigenvalue weighted by molar-refractivity contribution is -0.148. The van der Waals surface area contributed by atoms with Crippen LogP contribution in [-0.4, -0.2) is 133 Å². The fourth-order valence-electron chi connectivity index (χ4n) is 7.92. The molecule has 14 nitrogen and oxygen atoms in total. The molecule has 0 saturated carbocycles. The lowest BCUT2D eigenvalue weighted by Gasteiger charge is -2.41. The van der Waals surface area contributed by atoms with E-state index in [1.54, 1.807) is 37.6 Å². The van der Waals surface area contributed by atoms with Gasteiger partial charge in [0.15, 0.2) is 0 Å². The number of ether oxygens (including phenoxy) is 3. The summed E-state index contributed by atoms with van der Waals surface area (Å²) in [6.07, 6.45) is -0.757. The molecule has 2 rings (SSSR count). The van der Waals surface area contributed by atoms with Crippen molar-refractivity contribution in [3.8, 4) is 0 Å². The number of methoxy groups -OCH3 is 2. The minimum atomic E-state index is -0.918. The first-order chi connectivity index (χ1) is 26.4. The van der Waals surface area contributed by atoms with E-state index in [0.29, 0.717) is 24.9 Å². The molecular formula is C42H71N5O9. The van der Waals surface area contributed by atoms with Crippen LogP contribution in [-0.2, 0) is 33.4 Å². The summed E-state index contributed by atoms with van der Waals surface area (Å²) in [5.41, 5.74) is 0.697. The van der Waals surface area contributed by atoms with Crippen LogP contribution in [0.25, 0.3) is 0 Å². The average Bonchev–Trinajstić information content (AvgIpc) is 3.65. The standard InChI is InChI=1S/C42H71N5O9/c1-14-27(7)36(45(10)41(52)34(25(3)4)44-40(51)35(26(5)6)46(11)42(53)56-15-2)32(54-12)24-33(48)47-23-19-22-31(47)38(55-13)28(8)39(50)43-29(9)37(49)30-20-17-16-18-21-30/h16-18,20-21,25-29,31-32,34-38,49H,14-15,19,22-24H2,1-13H3,(H,43,50)(H,44,51)/t27-,28+,29+,31-,32+,34-,35-,36-,37+,38+/m0/s1. The number of likely N-dealkylation sites (N-methyl/N-ethyl adjacent to an activating group) is 2. The van der Waals surface area contributed by atoms with E-state index in [-0.39, 0.29) is 54.5 Å². The van der Waals surface area contributed by atoms with Gasteiger partial charge in [-0.1, -0.05) is 85.2 Å². The number of likely N-dealkylation sites (tertiary alicyclic amines) is 1. The van der Waals surface area contributed by atoms with Crippen LogP contribution in [0.5, 0.6) is 0 Å². The van der Waals surface area contributed by atoms with E-state index in [0.717, 1.165) is 6.42 Å². The minimum absolute atomic E-state index is 0.0184. The first-order valence-corrected chi connectivity index (χ1v) is 20.2. The Morgan fingerprint density at radius 1 is 0.875 bits per heavy atom. The fraction of sp³-hybridized carbons (Fsp3) is 0.738. The number of nitrogens with zero attached hydrogens (tertiary/aromatic N) is 3. The van der Waals surface area contributed by atoms with Gasteiger partial charge in [-0.2, -0.15) is 0 Å². The van der Waals surface area contributed by atoms with E-state index < -0.39 is 60.4 Å². The third-order valence-electron chi connectivity index (χ3n) is 11.3. The summed E-state index contributed by atoms with van der Waals surface area (Å²) in [5.74, 6) is -2.53. The molecule has 1 aromatic carbocycles. The number of carbonyl (C=O) groups is 5. The average molecular weight is 790 g/mol. The first-order valence-electron chi connectivity index (χ1n) is 20.2. The zero-order valence-electron chi connectivity index (χ0n) is 36.1. The lowest BCUT2D eigenvalue weighted by atomic mass is 9.89. The Labute approximate surface area is 335 Å². The monoisotopic (exact) mass is 790 g/mol. The van der Waals surface area contributed by atoms with Crippen LogP contribution in [0.15, 0.2) is 30.3 Å². The molecule has 1 saturated heterocycles. The van der Waals surface area contributed by atoms with Crippen LogP contribution in [0.2, 0.25) is 0 Å². The molecule has 318 valence electrons. The summed E-state index contributed by atoms with van der Waals surface area (Å²) < 4.78 is 17.1. The molecule has 0 unspecified atom stereocenters. The molecule has 1 aliphatic heterocycles. The number of nitrogens with one attached hydrogen (secondary N) is 2. The number of amides is 5. The largest absolute Gasteiger partial charge is 0.450 e. The zero-order valence-corrected chi connectivity index (χ0v) is 36.1. The Hall–Kier alpha value is -3.75. The van der Waals surface area contributed by atoms with Crippen molar-refractivity contribution in [2.24, 2.45) is 23.7 Å². The Morgan fingerprint density at radius 3 is 2.02 bits per heavy atom. The zero-order chi connectivity index (χ0) is 42.4. The van der Waals surface area contributed by atoms with E-state index >= 15 is 0 Å². The van der Waals surface area contributed by atoms with Gasteiger partial charge in [-0.05, 0) is 50.0 Å². The van der Waals surface area contributed by atoms with Gasteiger partial charge in [-0.3, -0.25) is 24.1 Å². The molecule has 56 heavy (non-hydrogen) atoms. The van der Waals surface area contributed by atoms with Gasteiger partial charge in [-0.15, -0.1) is 0 Å². The maximum Gasteiger partial charge on any atom is 0.410 e. The molecule has 1 heterocycles. The molecule has 10 atom stereocenters. The second-order valence-electron chi connectivity index (χ2n) is 16.0. The van der Waals surface area contributed by atoms with Gasteiger partial charge in [0, 0.05) is 34.9 Å². The molecule has 1 aliphatic rings. The van der Waals surface area contributed by atoms with Crippen molar-refractivity contribution >= 4 is 29.7 Å². The third-order valence-corrected chi connectivity index (χ3v) is 11.3. The highest BCUT2D eigenvalue weighted by atomic mass is 16.6. The van der Waals surface area contributed by atoms with Gasteiger partial charge >= 0.3 is 6.09 Å². The van der Waals surface area contributed by atoms with Crippen molar-refractivity contribution in [2.45, 2.75) is 137 Å². The molecular weight excluding hydrogens is 718 g/mol. The number of carbonyl (C=O) groups excluding carboxylic acids is 5. The molecule has 0 bridgehead atoms. The second kappa shape index (κ2) is 22.9. The summed E-state index contributed by atoms with van der Waals surface area (Å²) in [6.45, 7) is 17.2. The minimum Gasteiger partial charge on any atom is -0.450 e. The van der Waals surface area contributed by atoms with E-state index in [9.17, 15) is 29.1 Å². The van der Waals surface area contributed by atoms with E-state index in [1.165, 1.54) is 26.2 Å². The van der Waals surface area contributed by atoms with Gasteiger partial charge in [-0.25, -0.2) is 4.79 Å². The Morgan fingerprint density at radius 2 is 1.50 bits per heavy atom. The third kappa shape index (κ3) is 12.4. The van der Waals surface area contributed by atoms with E-state index in [1.807, 2.05) is 71.9 Å². The molecule has 1 fully saturated rings. The van der Waals surface area contributed by atoms with Crippen LogP contribution < -0.4 is 10.6 Å². The second-order valence-corrected chi connectivity index (χ2v) is 16.0. The highest BCUT2D eigenvalue weighted by molar-refractivity contribution is 5.91. The summed E-state index contributed by atoms with van der Waals surface area (Å²) in [6, 6.07) is 5.90. The topological polar surface area (TPSA) is 167 Å². The molecule has 0 aromatic heterocycles. The van der Waals surface area contributed by atoms with Crippen molar-refractivity contribution in [3.63, 3.8) is 0 Å². The molecule has 1 aromatic rings. The van der Waals surface area contributed by atoms with Crippen LogP contribution in [0.4, 0.5) is 4.79 Å². The smallest absolute Gasteiger partial charge is 0.410 e. The van der Waals surface area contributed by atoms with Gasteiger partial charge < -0.3 is 39.8 Å². The summed E-state index contributed by atoms with van der Waals surface area (Å²) in [4.78, 5) is 72.9. The van der Waals surface area contributed by atoms with Crippen molar-refractivity contribution in [1.82, 2.24) is 25.3 Å². The number of hydrogen-bond donors (Lipinski definition) is 3. The molecule has 0 spiro atoms. The molecule has 3 N–H and O–H groups in total. The molecule has 0 aliphatic carbocycles. The van der Waals surface area contributed by atoms with Gasteiger partial charge in [0.25, 0.3) is 0 Å². The van der Waals surface area contributed by atoms with Crippen LogP contribution in [0, 0.1) is 23.7 Å². The van der Waals surface area contributed by atoms with Crippen LogP contribution in [0.1, 0.15) is 99.7 Å². The number of aliphatic hydroxyl groups excluding tert-OH is 1. The summed E-state index contributed by atoms with van der Waals surface area (Å²) in [7, 11) is 6.26. The number of aliphatic hydroxyl groups is 1. The van der Waals surface area contributed by atoms with Crippen molar-refractivity contribution in [2.75, 3.05) is 41.5 Å². The van der Waals surface area contributed by atoms with Crippen LogP contribution >= 0.6 is 0 Å². The fourth-order valence-corrected chi connectivity index (χ4v) is 7.92. The lowest BCUT2D eigenvalue weighted by Crippen LogP contribution is -2.60. The molecule has 0 radical (unpaired) electrons. The predicted octanol–water partition coefficient (Wildman–Crippen LogP) is 4.40. The maximum atomic E-state index is 14.3. The predicted molar refractivity (Wildman–Crippen MR) is 215 cm³/mol. The highest BCUT2D eigenvalue weighted by Gasteiger charge is 2.43. The van der Waals surface area contributed by atoms with E-state index in [2.05, 4.69) is 10.6 Å². The normalized spacial score (nSPS) is 19.2. The summed E-state index contributed by atoms with van der Waals surface area (Å²) >= 11 is 0. The van der Waals surface area contributed by atoms with Crippen molar-refractivity contribution in [3.05, 3.63) is 35.9 Å². The summed E-state index contributed by atoms with van der Waals surface area (Å²) in [5, 5.41) is 16.7. The quantitative estimate of drug-likeness (QED) is 0.164. The van der Waals surface area contributed by atoms with Crippen LogP contribution in [0.3, 0.4) is 0 Å². The Kier molecular flexibility index (Phi) is 19.8.